The lowest BCUT2D eigenvalue weighted by Crippen LogP contribution is -2.21. The highest BCUT2D eigenvalue weighted by Crippen LogP contribution is 2.23. The molecule has 0 fully saturated rings. The second-order valence-electron chi connectivity index (χ2n) is 4.55. The highest BCUT2D eigenvalue weighted by Gasteiger charge is 2.09. The van der Waals surface area contributed by atoms with E-state index >= 15 is 0 Å². The van der Waals surface area contributed by atoms with Crippen molar-refractivity contribution in [1.82, 2.24) is 15.5 Å². The highest BCUT2D eigenvalue weighted by molar-refractivity contribution is 6.30. The fourth-order valence-corrected chi connectivity index (χ4v) is 1.88. The van der Waals surface area contributed by atoms with Crippen LogP contribution in [-0.2, 0) is 6.54 Å². The van der Waals surface area contributed by atoms with Gasteiger partial charge in [-0.1, -0.05) is 25.4 Å². The van der Waals surface area contributed by atoms with Crippen LogP contribution in [0.2, 0.25) is 5.02 Å². The number of nitrogens with one attached hydrogen (secondary N) is 1. The molecule has 1 heterocycles. The Hall–Kier alpha value is -1.39. The third-order valence-corrected chi connectivity index (χ3v) is 2.64. The Morgan fingerprint density at radius 1 is 1.28 bits per heavy atom. The molecule has 0 saturated carbocycles. The van der Waals surface area contributed by atoms with E-state index in [2.05, 4.69) is 29.4 Å². The Balaban J connectivity index is 2.18. The predicted molar refractivity (Wildman–Crippen MR) is 71.5 cm³/mol. The van der Waals surface area contributed by atoms with Gasteiger partial charge in [-0.15, -0.1) is 10.2 Å². The molecular weight excluding hydrogens is 250 g/mol. The summed E-state index contributed by atoms with van der Waals surface area (Å²) in [6.07, 6.45) is 0. The maximum Gasteiger partial charge on any atom is 0.247 e. The first kappa shape index (κ1) is 13.1. The summed E-state index contributed by atoms with van der Waals surface area (Å²) in [6.45, 7) is 6.69. The number of aryl methyl sites for hydroxylation is 1. The van der Waals surface area contributed by atoms with Crippen molar-refractivity contribution in [2.24, 2.45) is 0 Å². The Morgan fingerprint density at radius 3 is 2.72 bits per heavy atom. The molecule has 18 heavy (non-hydrogen) atoms. The number of aromatic nitrogens is 2. The molecule has 5 heteroatoms. The average Bonchev–Trinajstić information content (AvgIpc) is 2.73. The van der Waals surface area contributed by atoms with E-state index < -0.39 is 0 Å². The number of halogens is 1. The van der Waals surface area contributed by atoms with Crippen LogP contribution < -0.4 is 5.32 Å². The minimum absolute atomic E-state index is 0.383. The molecule has 0 atom stereocenters. The van der Waals surface area contributed by atoms with Gasteiger partial charge in [0.2, 0.25) is 11.8 Å². The molecule has 1 aromatic heterocycles. The predicted octanol–water partition coefficient (Wildman–Crippen LogP) is 3.20. The molecule has 1 N–H and O–H groups in total. The summed E-state index contributed by atoms with van der Waals surface area (Å²) >= 11 is 6.01. The van der Waals surface area contributed by atoms with E-state index in [1.54, 1.807) is 0 Å². The molecule has 0 saturated heterocycles. The summed E-state index contributed by atoms with van der Waals surface area (Å²) in [5, 5.41) is 11.9. The Labute approximate surface area is 111 Å². The number of hydrogen-bond acceptors (Lipinski definition) is 4. The lowest BCUT2D eigenvalue weighted by Gasteiger charge is -2.03. The van der Waals surface area contributed by atoms with Gasteiger partial charge in [-0.2, -0.15) is 0 Å². The Morgan fingerprint density at radius 2 is 2.06 bits per heavy atom. The van der Waals surface area contributed by atoms with Crippen molar-refractivity contribution in [1.29, 1.82) is 0 Å². The van der Waals surface area contributed by atoms with E-state index in [0.717, 1.165) is 11.1 Å². The van der Waals surface area contributed by atoms with Gasteiger partial charge in [-0.05, 0) is 30.7 Å². The summed E-state index contributed by atoms with van der Waals surface area (Å²) in [6, 6.07) is 6.07. The van der Waals surface area contributed by atoms with Crippen LogP contribution in [0.1, 0.15) is 25.3 Å². The van der Waals surface area contributed by atoms with Crippen molar-refractivity contribution < 1.29 is 4.42 Å². The normalized spacial score (nSPS) is 11.2. The van der Waals surface area contributed by atoms with E-state index in [0.29, 0.717) is 29.4 Å². The molecule has 0 amide bonds. The molecule has 0 unspecified atom stereocenters. The van der Waals surface area contributed by atoms with E-state index in [1.807, 2.05) is 25.1 Å². The molecule has 1 aromatic carbocycles. The molecule has 0 spiro atoms. The number of nitrogens with zero attached hydrogens (tertiary/aromatic N) is 2. The third kappa shape index (κ3) is 3.31. The maximum atomic E-state index is 6.01. The van der Waals surface area contributed by atoms with Gasteiger partial charge in [0.05, 0.1) is 6.54 Å². The molecule has 0 aliphatic heterocycles. The first-order chi connectivity index (χ1) is 8.54. The molecule has 0 aliphatic carbocycles. The first-order valence-electron chi connectivity index (χ1n) is 5.88. The van der Waals surface area contributed by atoms with Crippen molar-refractivity contribution in [2.45, 2.75) is 33.4 Å². The number of benzene rings is 1. The standard InChI is InChI=1S/C13H16ClN3O/c1-8(2)15-7-12-16-17-13(18-12)10-4-9(3)5-11(14)6-10/h4-6,8,15H,7H2,1-3H3. The van der Waals surface area contributed by atoms with Crippen molar-refractivity contribution in [2.75, 3.05) is 0 Å². The molecule has 0 bridgehead atoms. The van der Waals surface area contributed by atoms with Gasteiger partial charge in [-0.3, -0.25) is 0 Å². The summed E-state index contributed by atoms with van der Waals surface area (Å²) in [5.74, 6) is 1.08. The van der Waals surface area contributed by atoms with Crippen LogP contribution >= 0.6 is 11.6 Å². The first-order valence-corrected chi connectivity index (χ1v) is 6.25. The van der Waals surface area contributed by atoms with Crippen LogP contribution in [-0.4, -0.2) is 16.2 Å². The van der Waals surface area contributed by atoms with Crippen LogP contribution in [0.25, 0.3) is 11.5 Å². The summed E-state index contributed by atoms with van der Waals surface area (Å²) in [7, 11) is 0. The van der Waals surface area contributed by atoms with E-state index in [9.17, 15) is 0 Å². The van der Waals surface area contributed by atoms with Gasteiger partial charge < -0.3 is 9.73 Å². The number of hydrogen-bond donors (Lipinski definition) is 1. The number of rotatable bonds is 4. The average molecular weight is 266 g/mol. The molecule has 2 rings (SSSR count). The van der Waals surface area contributed by atoms with Gasteiger partial charge >= 0.3 is 0 Å². The zero-order valence-corrected chi connectivity index (χ0v) is 11.5. The van der Waals surface area contributed by atoms with Crippen LogP contribution in [0.5, 0.6) is 0 Å². The lowest BCUT2D eigenvalue weighted by molar-refractivity contribution is 0.459. The molecular formula is C13H16ClN3O. The summed E-state index contributed by atoms with van der Waals surface area (Å²) in [5.41, 5.74) is 1.92. The van der Waals surface area contributed by atoms with Crippen LogP contribution in [0.3, 0.4) is 0 Å². The quantitative estimate of drug-likeness (QED) is 0.922. The van der Waals surface area contributed by atoms with Gasteiger partial charge in [-0.25, -0.2) is 0 Å². The molecule has 96 valence electrons. The zero-order valence-electron chi connectivity index (χ0n) is 10.7. The largest absolute Gasteiger partial charge is 0.419 e. The fraction of sp³-hybridized carbons (Fsp3) is 0.385. The van der Waals surface area contributed by atoms with Gasteiger partial charge in [0.1, 0.15) is 0 Å². The van der Waals surface area contributed by atoms with Gasteiger partial charge in [0.25, 0.3) is 0 Å². The third-order valence-electron chi connectivity index (χ3n) is 2.42. The van der Waals surface area contributed by atoms with Crippen molar-refractivity contribution in [3.05, 3.63) is 34.7 Å². The summed E-state index contributed by atoms with van der Waals surface area (Å²) < 4.78 is 5.59. The second-order valence-corrected chi connectivity index (χ2v) is 4.99. The summed E-state index contributed by atoms with van der Waals surface area (Å²) in [4.78, 5) is 0. The SMILES string of the molecule is Cc1cc(Cl)cc(-c2nnc(CNC(C)C)o2)c1. The molecule has 2 aromatic rings. The monoisotopic (exact) mass is 265 g/mol. The van der Waals surface area contributed by atoms with Crippen molar-refractivity contribution in [3.63, 3.8) is 0 Å². The van der Waals surface area contributed by atoms with E-state index in [1.165, 1.54) is 0 Å². The molecule has 0 aliphatic rings. The van der Waals surface area contributed by atoms with Crippen molar-refractivity contribution >= 4 is 11.6 Å². The molecule has 0 radical (unpaired) electrons. The van der Waals surface area contributed by atoms with Gasteiger partial charge in [0, 0.05) is 16.6 Å². The topological polar surface area (TPSA) is 51.0 Å². The Bertz CT molecular complexity index is 517. The highest BCUT2D eigenvalue weighted by atomic mass is 35.5. The maximum absolute atomic E-state index is 6.01. The van der Waals surface area contributed by atoms with E-state index in [4.69, 9.17) is 16.0 Å². The fourth-order valence-electron chi connectivity index (χ4n) is 1.59. The minimum atomic E-state index is 0.383. The lowest BCUT2D eigenvalue weighted by atomic mass is 10.1. The van der Waals surface area contributed by atoms with Crippen LogP contribution in [0.15, 0.2) is 22.6 Å². The minimum Gasteiger partial charge on any atom is -0.419 e. The van der Waals surface area contributed by atoms with Crippen molar-refractivity contribution in [3.8, 4) is 11.5 Å². The second kappa shape index (κ2) is 5.50. The Kier molecular flexibility index (Phi) is 3.99. The van der Waals surface area contributed by atoms with Crippen LogP contribution in [0.4, 0.5) is 0 Å². The van der Waals surface area contributed by atoms with Gasteiger partial charge in [0.15, 0.2) is 0 Å². The smallest absolute Gasteiger partial charge is 0.247 e. The van der Waals surface area contributed by atoms with E-state index in [-0.39, 0.29) is 0 Å². The zero-order chi connectivity index (χ0) is 13.1. The molecule has 4 nitrogen and oxygen atoms in total. The van der Waals surface area contributed by atoms with Crippen LogP contribution in [0, 0.1) is 6.92 Å².